The number of nitrogens with one attached hydrogen (secondary N) is 1. The fourth-order valence-corrected chi connectivity index (χ4v) is 4.49. The molecule has 1 aliphatic rings. The maximum atomic E-state index is 5.99. The number of hydrogen-bond donors (Lipinski definition) is 2. The first kappa shape index (κ1) is 25.1. The third-order valence-electron chi connectivity index (χ3n) is 6.21. The SMILES string of the molecule is C=c1ccn(Cc2ccc(CN3CCNCC3)cc2OC)/c1=C(\CCCCCC)N=C(C)N. The van der Waals surface area contributed by atoms with Crippen LogP contribution in [0.25, 0.3) is 12.3 Å². The molecule has 6 heteroatoms. The van der Waals surface area contributed by atoms with E-state index in [9.17, 15) is 0 Å². The van der Waals surface area contributed by atoms with E-state index in [1.807, 2.05) is 6.92 Å². The summed E-state index contributed by atoms with van der Waals surface area (Å²) >= 11 is 0. The summed E-state index contributed by atoms with van der Waals surface area (Å²) in [6, 6.07) is 8.67. The second-order valence-corrected chi connectivity index (χ2v) is 9.00. The van der Waals surface area contributed by atoms with E-state index in [1.165, 1.54) is 24.8 Å². The monoisotopic (exact) mass is 451 g/mol. The Hall–Kier alpha value is -2.57. The van der Waals surface area contributed by atoms with Crippen molar-refractivity contribution in [2.75, 3.05) is 33.3 Å². The molecule has 0 spiro atoms. The lowest BCUT2D eigenvalue weighted by atomic mass is 10.1. The van der Waals surface area contributed by atoms with Crippen molar-refractivity contribution >= 4 is 18.1 Å². The van der Waals surface area contributed by atoms with Crippen molar-refractivity contribution in [2.45, 2.75) is 59.0 Å². The molecule has 3 N–H and O–H groups in total. The van der Waals surface area contributed by atoms with Crippen LogP contribution in [0.1, 0.15) is 57.1 Å². The lowest BCUT2D eigenvalue weighted by molar-refractivity contribution is 0.233. The second kappa shape index (κ2) is 12.6. The Morgan fingerprint density at radius 2 is 1.94 bits per heavy atom. The largest absolute Gasteiger partial charge is 0.496 e. The minimum atomic E-state index is 0.586. The highest BCUT2D eigenvalue weighted by Gasteiger charge is 2.13. The van der Waals surface area contributed by atoms with Gasteiger partial charge in [-0.3, -0.25) is 4.90 Å². The topological polar surface area (TPSA) is 67.8 Å². The van der Waals surface area contributed by atoms with Crippen LogP contribution in [-0.2, 0) is 13.1 Å². The molecule has 3 rings (SSSR count). The van der Waals surface area contributed by atoms with E-state index in [1.54, 1.807) is 7.11 Å². The molecule has 1 aromatic carbocycles. The van der Waals surface area contributed by atoms with Gasteiger partial charge in [-0.1, -0.05) is 44.9 Å². The number of nitrogens with two attached hydrogens (primary N) is 1. The fraction of sp³-hybridized carbons (Fsp3) is 0.519. The second-order valence-electron chi connectivity index (χ2n) is 9.00. The van der Waals surface area contributed by atoms with Crippen LogP contribution >= 0.6 is 0 Å². The zero-order chi connectivity index (χ0) is 23.6. The van der Waals surface area contributed by atoms with Crippen molar-refractivity contribution in [1.82, 2.24) is 14.8 Å². The van der Waals surface area contributed by atoms with Crippen LogP contribution in [0.15, 0.2) is 35.5 Å². The average Bonchev–Trinajstić information content (AvgIpc) is 3.17. The molecule has 1 aliphatic heterocycles. The summed E-state index contributed by atoms with van der Waals surface area (Å²) < 4.78 is 8.03. The number of benzene rings is 1. The van der Waals surface area contributed by atoms with E-state index >= 15 is 0 Å². The highest BCUT2D eigenvalue weighted by Crippen LogP contribution is 2.22. The summed E-state index contributed by atoms with van der Waals surface area (Å²) in [6.07, 6.45) is 7.77. The van der Waals surface area contributed by atoms with Crippen molar-refractivity contribution in [1.29, 1.82) is 0 Å². The van der Waals surface area contributed by atoms with Crippen LogP contribution in [0, 0.1) is 0 Å². The minimum absolute atomic E-state index is 0.586. The molecule has 1 saturated heterocycles. The quantitative estimate of drug-likeness (QED) is 0.313. The van der Waals surface area contributed by atoms with Crippen LogP contribution in [-0.4, -0.2) is 48.6 Å². The third kappa shape index (κ3) is 7.21. The Balaban J connectivity index is 1.87. The molecular formula is C27H41N5O. The first-order valence-electron chi connectivity index (χ1n) is 12.3. The van der Waals surface area contributed by atoms with Gasteiger partial charge in [0.2, 0.25) is 0 Å². The maximum Gasteiger partial charge on any atom is 0.124 e. The molecule has 6 nitrogen and oxygen atoms in total. The van der Waals surface area contributed by atoms with Gasteiger partial charge in [0.05, 0.1) is 30.5 Å². The number of piperazine rings is 1. The van der Waals surface area contributed by atoms with E-state index < -0.39 is 0 Å². The van der Waals surface area contributed by atoms with Gasteiger partial charge < -0.3 is 20.4 Å². The normalized spacial score (nSPS) is 16.2. The Morgan fingerprint density at radius 3 is 2.64 bits per heavy atom. The number of hydrogen-bond acceptors (Lipinski definition) is 4. The van der Waals surface area contributed by atoms with Crippen LogP contribution < -0.4 is 26.4 Å². The van der Waals surface area contributed by atoms with Crippen LogP contribution in [0.5, 0.6) is 5.75 Å². The van der Waals surface area contributed by atoms with Gasteiger partial charge in [-0.2, -0.15) is 0 Å². The molecule has 180 valence electrons. The van der Waals surface area contributed by atoms with E-state index in [4.69, 9.17) is 15.5 Å². The standard InChI is InChI=1S/C27H41N5O/c1-5-6-7-8-9-25(30-22(3)28)27-21(2)12-15-32(27)20-24-11-10-23(18-26(24)33-4)19-31-16-13-29-14-17-31/h10-12,15,18,29H,2,5-9,13-14,16-17,19-20H2,1,3-4H3,(H2,28,30)/b27-25+. The first-order valence-corrected chi connectivity index (χ1v) is 12.3. The lowest BCUT2D eigenvalue weighted by Crippen LogP contribution is -2.42. The Labute approximate surface area is 198 Å². The molecule has 2 heterocycles. The van der Waals surface area contributed by atoms with Gasteiger partial charge >= 0.3 is 0 Å². The van der Waals surface area contributed by atoms with Gasteiger partial charge in [-0.15, -0.1) is 0 Å². The zero-order valence-electron chi connectivity index (χ0n) is 20.7. The summed E-state index contributed by atoms with van der Waals surface area (Å²) in [6.45, 7) is 14.3. The number of methoxy groups -OCH3 is 1. The molecule has 1 fully saturated rings. The average molecular weight is 452 g/mol. The highest BCUT2D eigenvalue weighted by molar-refractivity contribution is 5.81. The predicted octanol–water partition coefficient (Wildman–Crippen LogP) is 2.82. The molecule has 2 aromatic rings. The molecule has 0 unspecified atom stereocenters. The number of aromatic nitrogens is 1. The zero-order valence-corrected chi connectivity index (χ0v) is 20.7. The third-order valence-corrected chi connectivity index (χ3v) is 6.21. The van der Waals surface area contributed by atoms with Gasteiger partial charge in [0.25, 0.3) is 0 Å². The summed E-state index contributed by atoms with van der Waals surface area (Å²) in [5.74, 6) is 1.51. The molecule has 1 aromatic heterocycles. The number of ether oxygens (including phenoxy) is 1. The van der Waals surface area contributed by atoms with Gasteiger partial charge in [0, 0.05) is 44.5 Å². The van der Waals surface area contributed by atoms with E-state index in [-0.39, 0.29) is 0 Å². The predicted molar refractivity (Wildman–Crippen MR) is 139 cm³/mol. The Bertz CT molecular complexity index is 1030. The van der Waals surface area contributed by atoms with Crippen molar-refractivity contribution in [3.63, 3.8) is 0 Å². The Kier molecular flexibility index (Phi) is 9.58. The summed E-state index contributed by atoms with van der Waals surface area (Å²) in [7, 11) is 1.75. The van der Waals surface area contributed by atoms with Crippen molar-refractivity contribution in [2.24, 2.45) is 10.7 Å². The first-order chi connectivity index (χ1) is 16.0. The maximum absolute atomic E-state index is 5.99. The Morgan fingerprint density at radius 1 is 1.15 bits per heavy atom. The van der Waals surface area contributed by atoms with Crippen molar-refractivity contribution < 1.29 is 4.74 Å². The summed E-state index contributed by atoms with van der Waals surface area (Å²) in [4.78, 5) is 7.19. The fourth-order valence-electron chi connectivity index (χ4n) is 4.49. The van der Waals surface area contributed by atoms with Gasteiger partial charge in [-0.25, -0.2) is 4.99 Å². The van der Waals surface area contributed by atoms with Crippen molar-refractivity contribution in [3.8, 4) is 5.75 Å². The number of aliphatic imine (C=N–C) groups is 1. The lowest BCUT2D eigenvalue weighted by Gasteiger charge is -2.27. The van der Waals surface area contributed by atoms with E-state index in [0.29, 0.717) is 12.4 Å². The van der Waals surface area contributed by atoms with Crippen LogP contribution in [0.3, 0.4) is 0 Å². The number of nitrogens with zero attached hydrogens (tertiary/aromatic N) is 3. The molecule has 0 bridgehead atoms. The highest BCUT2D eigenvalue weighted by atomic mass is 16.5. The van der Waals surface area contributed by atoms with E-state index in [2.05, 4.69) is 58.7 Å². The molecule has 0 atom stereocenters. The van der Waals surface area contributed by atoms with Crippen LogP contribution in [0.2, 0.25) is 0 Å². The van der Waals surface area contributed by atoms with Gasteiger partial charge in [-0.05, 0) is 42.7 Å². The number of rotatable bonds is 11. The molecule has 0 saturated carbocycles. The number of unbranched alkanes of at least 4 members (excludes halogenated alkanes) is 3. The minimum Gasteiger partial charge on any atom is -0.496 e. The smallest absolute Gasteiger partial charge is 0.124 e. The van der Waals surface area contributed by atoms with Crippen molar-refractivity contribution in [3.05, 3.63) is 52.2 Å². The molecule has 0 amide bonds. The van der Waals surface area contributed by atoms with Gasteiger partial charge in [0.1, 0.15) is 5.75 Å². The van der Waals surface area contributed by atoms with Crippen LogP contribution in [0.4, 0.5) is 0 Å². The summed E-state index contributed by atoms with van der Waals surface area (Å²) in [5, 5.41) is 5.47. The van der Waals surface area contributed by atoms with E-state index in [0.717, 1.165) is 73.1 Å². The number of amidine groups is 1. The molecular weight excluding hydrogens is 410 g/mol. The molecule has 33 heavy (non-hydrogen) atoms. The molecule has 0 aliphatic carbocycles. The molecule has 0 radical (unpaired) electrons. The van der Waals surface area contributed by atoms with Gasteiger partial charge in [0.15, 0.2) is 0 Å². The summed E-state index contributed by atoms with van der Waals surface area (Å²) in [5.41, 5.74) is 9.45.